The fourth-order valence-corrected chi connectivity index (χ4v) is 5.30. The first kappa shape index (κ1) is 22.0. The second kappa shape index (κ2) is 8.73. The number of likely N-dealkylation sites (N-methyl/N-ethyl adjacent to an activating group) is 1. The van der Waals surface area contributed by atoms with E-state index in [0.29, 0.717) is 30.8 Å². The number of nitrogens with zero attached hydrogens (tertiary/aromatic N) is 3. The van der Waals surface area contributed by atoms with Crippen molar-refractivity contribution in [2.45, 2.75) is 38.4 Å². The summed E-state index contributed by atoms with van der Waals surface area (Å²) in [5.41, 5.74) is 2.12. The van der Waals surface area contributed by atoms with Crippen LogP contribution in [0, 0.1) is 3.57 Å². The van der Waals surface area contributed by atoms with Crippen LogP contribution >= 0.6 is 22.6 Å². The van der Waals surface area contributed by atoms with Crippen LogP contribution in [-0.2, 0) is 20.9 Å². The van der Waals surface area contributed by atoms with Crippen LogP contribution in [0.4, 0.5) is 5.69 Å². The Balaban J connectivity index is 1.44. The Morgan fingerprint density at radius 2 is 2.03 bits per heavy atom. The summed E-state index contributed by atoms with van der Waals surface area (Å²) in [6, 6.07) is 3.20. The van der Waals surface area contributed by atoms with Gasteiger partial charge in [-0.1, -0.05) is 0 Å². The van der Waals surface area contributed by atoms with E-state index < -0.39 is 11.9 Å². The van der Waals surface area contributed by atoms with E-state index in [1.807, 2.05) is 17.9 Å². The van der Waals surface area contributed by atoms with Gasteiger partial charge in [-0.25, -0.2) is 0 Å². The SMILES string of the molecule is CC1CN(C)CCN1C(=O)CNc1cc(I)c2c(c1)C(=O)N(C1CCC(=O)NC1=O)C2. The third kappa shape index (κ3) is 4.40. The van der Waals surface area contributed by atoms with Gasteiger partial charge in [-0.15, -0.1) is 0 Å². The van der Waals surface area contributed by atoms with Crippen LogP contribution in [0.1, 0.15) is 35.7 Å². The standard InChI is InChI=1S/C21H26IN5O4/c1-12-10-25(2)5-6-26(12)19(29)9-23-13-7-14-15(16(22)8-13)11-27(21(14)31)17-3-4-18(28)24-20(17)30/h7-8,12,17,23H,3-6,9-11H2,1-2H3,(H,24,28,30). The maximum atomic E-state index is 13.0. The lowest BCUT2D eigenvalue weighted by Crippen LogP contribution is -2.54. The molecule has 0 saturated carbocycles. The van der Waals surface area contributed by atoms with Crippen molar-refractivity contribution < 1.29 is 19.2 Å². The Hall–Kier alpha value is -2.21. The number of fused-ring (bicyclic) bond motifs is 1. The van der Waals surface area contributed by atoms with Crippen molar-refractivity contribution in [2.24, 2.45) is 0 Å². The van der Waals surface area contributed by atoms with Gasteiger partial charge in [0.2, 0.25) is 17.7 Å². The van der Waals surface area contributed by atoms with Gasteiger partial charge >= 0.3 is 0 Å². The molecule has 3 heterocycles. The summed E-state index contributed by atoms with van der Waals surface area (Å²) in [5, 5.41) is 5.49. The number of anilines is 1. The molecule has 2 N–H and O–H groups in total. The number of carbonyl (C=O) groups excluding carboxylic acids is 4. The van der Waals surface area contributed by atoms with Crippen LogP contribution in [0.3, 0.4) is 0 Å². The normalized spacial score (nSPS) is 24.3. The fourth-order valence-electron chi connectivity index (χ4n) is 4.51. The van der Waals surface area contributed by atoms with Gasteiger partial charge in [-0.05, 0) is 60.7 Å². The Morgan fingerprint density at radius 3 is 2.74 bits per heavy atom. The van der Waals surface area contributed by atoms with Gasteiger partial charge in [0.05, 0.1) is 6.54 Å². The molecule has 166 valence electrons. The number of benzene rings is 1. The van der Waals surface area contributed by atoms with E-state index in [9.17, 15) is 19.2 Å². The van der Waals surface area contributed by atoms with Crippen molar-refractivity contribution in [2.75, 3.05) is 38.5 Å². The lowest BCUT2D eigenvalue weighted by Gasteiger charge is -2.38. The molecular formula is C21H26IN5O4. The minimum atomic E-state index is -0.634. The van der Waals surface area contributed by atoms with Crippen LogP contribution < -0.4 is 10.6 Å². The molecule has 9 nitrogen and oxygen atoms in total. The van der Waals surface area contributed by atoms with E-state index >= 15 is 0 Å². The number of hydrogen-bond acceptors (Lipinski definition) is 6. The zero-order chi connectivity index (χ0) is 22.3. The van der Waals surface area contributed by atoms with Crippen molar-refractivity contribution in [3.05, 3.63) is 26.8 Å². The topological polar surface area (TPSA) is 102 Å². The largest absolute Gasteiger partial charge is 0.376 e. The Kier molecular flexibility index (Phi) is 6.20. The number of amides is 4. The van der Waals surface area contributed by atoms with E-state index in [1.165, 1.54) is 4.90 Å². The highest BCUT2D eigenvalue weighted by Crippen LogP contribution is 2.33. The molecule has 0 radical (unpaired) electrons. The molecule has 0 bridgehead atoms. The molecule has 10 heteroatoms. The number of hydrogen-bond donors (Lipinski definition) is 2. The van der Waals surface area contributed by atoms with Gasteiger partial charge in [-0.3, -0.25) is 24.5 Å². The predicted octanol–water partition coefficient (Wildman–Crippen LogP) is 0.627. The Bertz CT molecular complexity index is 952. The molecule has 2 saturated heterocycles. The molecule has 4 rings (SSSR count). The molecule has 0 aliphatic carbocycles. The number of carbonyl (C=O) groups is 4. The summed E-state index contributed by atoms with van der Waals surface area (Å²) in [6.45, 7) is 4.97. The fraction of sp³-hybridized carbons (Fsp3) is 0.524. The highest BCUT2D eigenvalue weighted by Gasteiger charge is 2.40. The second-order valence-electron chi connectivity index (χ2n) is 8.44. The first-order chi connectivity index (χ1) is 14.7. The summed E-state index contributed by atoms with van der Waals surface area (Å²) >= 11 is 2.18. The van der Waals surface area contributed by atoms with Crippen molar-refractivity contribution in [3.8, 4) is 0 Å². The van der Waals surface area contributed by atoms with Crippen LogP contribution in [0.5, 0.6) is 0 Å². The van der Waals surface area contributed by atoms with Gasteiger partial charge in [0, 0.05) is 53.5 Å². The van der Waals surface area contributed by atoms with Crippen molar-refractivity contribution in [1.29, 1.82) is 0 Å². The Morgan fingerprint density at radius 1 is 1.26 bits per heavy atom. The monoisotopic (exact) mass is 539 g/mol. The highest BCUT2D eigenvalue weighted by atomic mass is 127. The number of rotatable bonds is 4. The maximum Gasteiger partial charge on any atom is 0.255 e. The molecule has 3 aliphatic heterocycles. The zero-order valence-corrected chi connectivity index (χ0v) is 19.8. The van der Waals surface area contributed by atoms with Crippen molar-refractivity contribution >= 4 is 51.9 Å². The molecule has 2 atom stereocenters. The summed E-state index contributed by atoms with van der Waals surface area (Å²) < 4.78 is 0.904. The lowest BCUT2D eigenvalue weighted by molar-refractivity contribution is -0.137. The summed E-state index contributed by atoms with van der Waals surface area (Å²) in [5.74, 6) is -0.902. The quantitative estimate of drug-likeness (QED) is 0.430. The molecule has 3 aliphatic rings. The first-order valence-electron chi connectivity index (χ1n) is 10.4. The summed E-state index contributed by atoms with van der Waals surface area (Å²) in [6.07, 6.45) is 0.567. The molecule has 1 aromatic rings. The van der Waals surface area contributed by atoms with Crippen molar-refractivity contribution in [1.82, 2.24) is 20.0 Å². The number of imide groups is 1. The van der Waals surface area contributed by atoms with E-state index in [0.717, 1.165) is 22.2 Å². The molecule has 2 unspecified atom stereocenters. The minimum absolute atomic E-state index is 0.0348. The minimum Gasteiger partial charge on any atom is -0.376 e. The Labute approximate surface area is 194 Å². The number of piperidine rings is 1. The van der Waals surface area contributed by atoms with Crippen LogP contribution in [0.25, 0.3) is 0 Å². The summed E-state index contributed by atoms with van der Waals surface area (Å²) in [7, 11) is 2.05. The van der Waals surface area contributed by atoms with E-state index in [4.69, 9.17) is 0 Å². The van der Waals surface area contributed by atoms with Gasteiger partial charge in [-0.2, -0.15) is 0 Å². The number of halogens is 1. The number of piperazine rings is 1. The molecular weight excluding hydrogens is 513 g/mol. The lowest BCUT2D eigenvalue weighted by atomic mass is 10.0. The average Bonchev–Trinajstić information content (AvgIpc) is 3.03. The molecule has 1 aromatic carbocycles. The van der Waals surface area contributed by atoms with Gasteiger partial charge in [0.1, 0.15) is 6.04 Å². The molecule has 0 spiro atoms. The molecule has 31 heavy (non-hydrogen) atoms. The molecule has 2 fully saturated rings. The average molecular weight is 539 g/mol. The molecule has 0 aromatic heterocycles. The molecule has 4 amide bonds. The van der Waals surface area contributed by atoms with E-state index in [2.05, 4.69) is 45.2 Å². The second-order valence-corrected chi connectivity index (χ2v) is 9.60. The third-order valence-corrected chi connectivity index (χ3v) is 7.16. The third-order valence-electron chi connectivity index (χ3n) is 6.20. The summed E-state index contributed by atoms with van der Waals surface area (Å²) in [4.78, 5) is 55.0. The van der Waals surface area contributed by atoms with Gasteiger partial charge < -0.3 is 20.0 Å². The zero-order valence-electron chi connectivity index (χ0n) is 17.6. The number of nitrogens with one attached hydrogen (secondary N) is 2. The predicted molar refractivity (Wildman–Crippen MR) is 122 cm³/mol. The van der Waals surface area contributed by atoms with Gasteiger partial charge in [0.25, 0.3) is 5.91 Å². The van der Waals surface area contributed by atoms with Crippen LogP contribution in [-0.4, -0.2) is 83.6 Å². The van der Waals surface area contributed by atoms with Crippen LogP contribution in [0.2, 0.25) is 0 Å². The maximum absolute atomic E-state index is 13.0. The smallest absolute Gasteiger partial charge is 0.255 e. The highest BCUT2D eigenvalue weighted by molar-refractivity contribution is 14.1. The van der Waals surface area contributed by atoms with E-state index in [1.54, 1.807) is 6.07 Å². The van der Waals surface area contributed by atoms with Crippen LogP contribution in [0.15, 0.2) is 12.1 Å². The van der Waals surface area contributed by atoms with Gasteiger partial charge in [0.15, 0.2) is 0 Å². The first-order valence-corrected chi connectivity index (χ1v) is 11.5. The van der Waals surface area contributed by atoms with Crippen molar-refractivity contribution in [3.63, 3.8) is 0 Å². The van der Waals surface area contributed by atoms with E-state index in [-0.39, 0.29) is 36.7 Å².